The van der Waals surface area contributed by atoms with Gasteiger partial charge in [0.2, 0.25) is 0 Å². The number of nitrogens with two attached hydrogens (primary N) is 1. The predicted octanol–water partition coefficient (Wildman–Crippen LogP) is 4.14. The summed E-state index contributed by atoms with van der Waals surface area (Å²) in [6, 6.07) is 8.46. The molecule has 0 bridgehead atoms. The summed E-state index contributed by atoms with van der Waals surface area (Å²) >= 11 is 4.99. The van der Waals surface area contributed by atoms with Crippen LogP contribution in [0.25, 0.3) is 10.6 Å². The van der Waals surface area contributed by atoms with E-state index in [4.69, 9.17) is 5.73 Å². The molecule has 0 radical (unpaired) electrons. The van der Waals surface area contributed by atoms with Crippen LogP contribution >= 0.6 is 27.3 Å². The Bertz CT molecular complexity index is 750. The highest BCUT2D eigenvalue weighted by Crippen LogP contribution is 2.32. The number of aromatic nitrogens is 2. The van der Waals surface area contributed by atoms with Crippen LogP contribution in [0.2, 0.25) is 0 Å². The fourth-order valence-corrected chi connectivity index (χ4v) is 3.40. The van der Waals surface area contributed by atoms with E-state index in [9.17, 15) is 4.39 Å². The van der Waals surface area contributed by atoms with E-state index in [0.29, 0.717) is 12.2 Å². The lowest BCUT2D eigenvalue weighted by Gasteiger charge is -2.01. The number of halogens is 2. The van der Waals surface area contributed by atoms with Crippen LogP contribution in [-0.2, 0) is 6.54 Å². The average Bonchev–Trinajstić information content (AvgIpc) is 2.96. The summed E-state index contributed by atoms with van der Waals surface area (Å²) < 4.78 is 15.9. The molecule has 0 unspecified atom stereocenters. The van der Waals surface area contributed by atoms with Crippen molar-refractivity contribution >= 4 is 33.0 Å². The lowest BCUT2D eigenvalue weighted by molar-refractivity contribution is 0.619. The number of thiophene rings is 1. The second-order valence-electron chi connectivity index (χ2n) is 4.39. The Morgan fingerprint density at radius 3 is 2.90 bits per heavy atom. The van der Waals surface area contributed by atoms with Crippen molar-refractivity contribution in [3.05, 3.63) is 57.8 Å². The van der Waals surface area contributed by atoms with Gasteiger partial charge in [-0.2, -0.15) is 5.10 Å². The molecule has 0 spiro atoms. The molecule has 102 valence electrons. The van der Waals surface area contributed by atoms with Crippen molar-refractivity contribution in [1.82, 2.24) is 9.78 Å². The van der Waals surface area contributed by atoms with Crippen molar-refractivity contribution < 1.29 is 4.39 Å². The van der Waals surface area contributed by atoms with E-state index in [1.165, 1.54) is 12.1 Å². The first-order valence-electron chi connectivity index (χ1n) is 5.93. The third-order valence-corrected chi connectivity index (χ3v) is 4.52. The predicted molar refractivity (Wildman–Crippen MR) is 83.2 cm³/mol. The molecule has 3 rings (SSSR count). The van der Waals surface area contributed by atoms with Gasteiger partial charge in [-0.05, 0) is 39.7 Å². The Morgan fingerprint density at radius 1 is 1.35 bits per heavy atom. The van der Waals surface area contributed by atoms with Gasteiger partial charge >= 0.3 is 0 Å². The van der Waals surface area contributed by atoms with E-state index >= 15 is 0 Å². The SMILES string of the molecule is Nc1cn(Cc2cccc(F)c2)nc1-c1cc(Br)cs1. The molecule has 2 N–H and O–H groups in total. The second-order valence-corrected chi connectivity index (χ2v) is 6.22. The Kier molecular flexibility index (Phi) is 3.58. The largest absolute Gasteiger partial charge is 0.396 e. The molecule has 3 nitrogen and oxygen atoms in total. The molecule has 2 aromatic heterocycles. The van der Waals surface area contributed by atoms with E-state index in [-0.39, 0.29) is 5.82 Å². The first-order valence-corrected chi connectivity index (χ1v) is 7.61. The third-order valence-electron chi connectivity index (χ3n) is 2.82. The molecule has 0 aliphatic rings. The number of nitrogens with zero attached hydrogens (tertiary/aromatic N) is 2. The summed E-state index contributed by atoms with van der Waals surface area (Å²) in [5.41, 5.74) is 8.24. The molecule has 3 aromatic rings. The van der Waals surface area contributed by atoms with Gasteiger partial charge in [0, 0.05) is 16.0 Å². The van der Waals surface area contributed by atoms with Crippen LogP contribution in [0.15, 0.2) is 46.4 Å². The highest BCUT2D eigenvalue weighted by Gasteiger charge is 2.11. The second kappa shape index (κ2) is 5.38. The minimum atomic E-state index is -0.245. The first-order chi connectivity index (χ1) is 9.61. The Balaban J connectivity index is 1.89. The van der Waals surface area contributed by atoms with E-state index in [0.717, 1.165) is 20.6 Å². The Morgan fingerprint density at radius 2 is 2.20 bits per heavy atom. The maximum absolute atomic E-state index is 13.2. The highest BCUT2D eigenvalue weighted by molar-refractivity contribution is 9.10. The van der Waals surface area contributed by atoms with Crippen LogP contribution < -0.4 is 5.73 Å². The van der Waals surface area contributed by atoms with Crippen molar-refractivity contribution in [3.8, 4) is 10.6 Å². The van der Waals surface area contributed by atoms with Crippen LogP contribution in [0.1, 0.15) is 5.56 Å². The van der Waals surface area contributed by atoms with Crippen molar-refractivity contribution in [3.63, 3.8) is 0 Å². The van der Waals surface area contributed by atoms with Crippen LogP contribution in [-0.4, -0.2) is 9.78 Å². The minimum absolute atomic E-state index is 0.245. The van der Waals surface area contributed by atoms with Crippen molar-refractivity contribution in [1.29, 1.82) is 0 Å². The zero-order chi connectivity index (χ0) is 14.1. The van der Waals surface area contributed by atoms with Gasteiger partial charge in [0.05, 0.1) is 17.1 Å². The van der Waals surface area contributed by atoms with Gasteiger partial charge in [0.1, 0.15) is 11.5 Å². The molecule has 1 aromatic carbocycles. The molecule has 0 amide bonds. The Hall–Kier alpha value is -1.66. The van der Waals surface area contributed by atoms with E-state index in [1.54, 1.807) is 28.3 Å². The molecule has 20 heavy (non-hydrogen) atoms. The molecule has 6 heteroatoms. The fourth-order valence-electron chi connectivity index (χ4n) is 1.97. The van der Waals surface area contributed by atoms with Crippen molar-refractivity contribution in [2.45, 2.75) is 6.54 Å². The standard InChI is InChI=1S/C14H11BrFN3S/c15-10-5-13(20-8-10)14-12(17)7-19(18-14)6-9-2-1-3-11(16)4-9/h1-5,7-8H,6,17H2. The molecule has 0 aliphatic carbocycles. The lowest BCUT2D eigenvalue weighted by Crippen LogP contribution is -2.00. The topological polar surface area (TPSA) is 43.8 Å². The summed E-state index contributed by atoms with van der Waals surface area (Å²) in [4.78, 5) is 1.01. The van der Waals surface area contributed by atoms with Crippen LogP contribution in [0, 0.1) is 5.82 Å². The first kappa shape index (κ1) is 13.3. The van der Waals surface area contributed by atoms with E-state index < -0.39 is 0 Å². The van der Waals surface area contributed by atoms with Gasteiger partial charge < -0.3 is 5.73 Å². The number of nitrogen functional groups attached to an aromatic ring is 1. The van der Waals surface area contributed by atoms with E-state index in [2.05, 4.69) is 21.0 Å². The molecule has 0 atom stereocenters. The van der Waals surface area contributed by atoms with Gasteiger partial charge in [0.15, 0.2) is 0 Å². The monoisotopic (exact) mass is 351 g/mol. The molecule has 0 saturated heterocycles. The van der Waals surface area contributed by atoms with Crippen molar-refractivity contribution in [2.24, 2.45) is 0 Å². The zero-order valence-corrected chi connectivity index (χ0v) is 12.8. The number of hydrogen-bond donors (Lipinski definition) is 1. The summed E-state index contributed by atoms with van der Waals surface area (Å²) in [6.07, 6.45) is 1.77. The van der Waals surface area contributed by atoms with Gasteiger partial charge in [-0.15, -0.1) is 11.3 Å². The molecule has 2 heterocycles. The van der Waals surface area contributed by atoms with Crippen LogP contribution in [0.5, 0.6) is 0 Å². The van der Waals surface area contributed by atoms with Gasteiger partial charge in [-0.1, -0.05) is 12.1 Å². The molecule has 0 saturated carbocycles. The van der Waals surface area contributed by atoms with Crippen LogP contribution in [0.4, 0.5) is 10.1 Å². The normalized spacial score (nSPS) is 10.9. The minimum Gasteiger partial charge on any atom is -0.396 e. The number of rotatable bonds is 3. The molecule has 0 fully saturated rings. The summed E-state index contributed by atoms with van der Waals surface area (Å²) in [5.74, 6) is -0.245. The Labute approximate surface area is 128 Å². The van der Waals surface area contributed by atoms with Gasteiger partial charge in [-0.25, -0.2) is 4.39 Å². The zero-order valence-electron chi connectivity index (χ0n) is 10.4. The maximum atomic E-state index is 13.2. The summed E-state index contributed by atoms with van der Waals surface area (Å²) in [5, 5.41) is 6.46. The third kappa shape index (κ3) is 2.76. The van der Waals surface area contributed by atoms with E-state index in [1.807, 2.05) is 17.5 Å². The number of hydrogen-bond acceptors (Lipinski definition) is 3. The molecule has 0 aliphatic heterocycles. The highest BCUT2D eigenvalue weighted by atomic mass is 79.9. The molecular formula is C14H11BrFN3S. The van der Waals surface area contributed by atoms with Crippen LogP contribution in [0.3, 0.4) is 0 Å². The number of benzene rings is 1. The summed E-state index contributed by atoms with van der Waals surface area (Å²) in [6.45, 7) is 0.495. The molecular weight excluding hydrogens is 341 g/mol. The smallest absolute Gasteiger partial charge is 0.125 e. The summed E-state index contributed by atoms with van der Waals surface area (Å²) in [7, 11) is 0. The number of anilines is 1. The maximum Gasteiger partial charge on any atom is 0.125 e. The average molecular weight is 352 g/mol. The fraction of sp³-hybridized carbons (Fsp3) is 0.0714. The van der Waals surface area contributed by atoms with Gasteiger partial charge in [0.25, 0.3) is 0 Å². The lowest BCUT2D eigenvalue weighted by atomic mass is 10.2. The van der Waals surface area contributed by atoms with Crippen molar-refractivity contribution in [2.75, 3.05) is 5.73 Å². The van der Waals surface area contributed by atoms with Gasteiger partial charge in [-0.3, -0.25) is 4.68 Å². The quantitative estimate of drug-likeness (QED) is 0.770.